The molecule has 0 aromatic carbocycles. The Morgan fingerprint density at radius 3 is 1.12 bits per heavy atom. The van der Waals surface area contributed by atoms with Crippen molar-refractivity contribution in [1.82, 2.24) is 10.6 Å². The van der Waals surface area contributed by atoms with Crippen LogP contribution in [0.25, 0.3) is 0 Å². The number of carbonyl (C=O) groups excluding carboxylic acids is 2. The summed E-state index contributed by atoms with van der Waals surface area (Å²) in [6, 6.07) is -1.55. The molecular weight excluding hydrogens is 768 g/mol. The van der Waals surface area contributed by atoms with Crippen LogP contribution < -0.4 is 22.1 Å². The fourth-order valence-electron chi connectivity index (χ4n) is 4.21. The number of nitrogens with two attached hydrogens (primary N) is 2. The van der Waals surface area contributed by atoms with Gasteiger partial charge in [0.25, 0.3) is 0 Å². The van der Waals surface area contributed by atoms with Crippen molar-refractivity contribution in [2.45, 2.75) is 44.2 Å². The number of aliphatic carboxylic acids is 1. The zero-order chi connectivity index (χ0) is 42.4. The minimum absolute atomic E-state index is 0.113. The van der Waals surface area contributed by atoms with Crippen LogP contribution in [-0.2, 0) is 71.2 Å². The number of carboxylic acid groups (broad SMARTS) is 1. The summed E-state index contributed by atoms with van der Waals surface area (Å²) in [5.41, 5.74) is 11.0. The van der Waals surface area contributed by atoms with Gasteiger partial charge in [-0.25, -0.2) is 0 Å². The summed E-state index contributed by atoms with van der Waals surface area (Å²) >= 11 is 0. The van der Waals surface area contributed by atoms with Crippen molar-refractivity contribution in [2.24, 2.45) is 11.5 Å². The quantitative estimate of drug-likeness (QED) is 0.0354. The maximum Gasteiger partial charge on any atom is 0.320 e. The predicted octanol–water partition coefficient (Wildman–Crippen LogP) is -1.26. The third kappa shape index (κ3) is 43.0. The number of hydrogen-bond acceptors (Lipinski definition) is 17. The second-order valence-electron chi connectivity index (χ2n) is 12.2. The maximum atomic E-state index is 11.8. The molecule has 0 aromatic heterocycles. The summed E-state index contributed by atoms with van der Waals surface area (Å²) < 4.78 is 65.4. The van der Waals surface area contributed by atoms with Crippen molar-refractivity contribution < 1.29 is 76.3 Å². The lowest BCUT2D eigenvalue weighted by atomic mass is 10.1. The van der Waals surface area contributed by atoms with Gasteiger partial charge in [-0.2, -0.15) is 0 Å². The van der Waals surface area contributed by atoms with Gasteiger partial charge in [-0.3, -0.25) is 14.4 Å². The molecule has 58 heavy (non-hydrogen) atoms. The van der Waals surface area contributed by atoms with Crippen molar-refractivity contribution in [2.75, 3.05) is 172 Å². The summed E-state index contributed by atoms with van der Waals surface area (Å²) in [5.74, 6) is 0.940. The first-order chi connectivity index (χ1) is 28.4. The van der Waals surface area contributed by atoms with E-state index in [1.54, 1.807) is 0 Å². The fraction of sp³-hybridized carbons (Fsp3) is 0.868. The number of ether oxygens (including phenoxy) is 12. The SMILES string of the molecule is C#CC[C@H](N)C(=O)NCCOCCOCCOCCOCCOCCOCCOCCOCCOCCOCCOCCOCCC(=O)NCCCC[C@H](N)C(=O)O. The molecule has 0 bridgehead atoms. The van der Waals surface area contributed by atoms with Crippen molar-refractivity contribution >= 4 is 17.8 Å². The van der Waals surface area contributed by atoms with Gasteiger partial charge in [-0.15, -0.1) is 12.3 Å². The van der Waals surface area contributed by atoms with Gasteiger partial charge < -0.3 is 84.0 Å². The average Bonchev–Trinajstić information content (AvgIpc) is 3.21. The summed E-state index contributed by atoms with van der Waals surface area (Å²) in [4.78, 5) is 34.0. The minimum atomic E-state index is -1.01. The number of hydrogen-bond donors (Lipinski definition) is 5. The second kappa shape index (κ2) is 45.5. The van der Waals surface area contributed by atoms with Crippen LogP contribution in [0.3, 0.4) is 0 Å². The number of carbonyl (C=O) groups is 3. The summed E-state index contributed by atoms with van der Waals surface area (Å²) in [6.45, 7) is 11.4. The van der Waals surface area contributed by atoms with Gasteiger partial charge in [-0.1, -0.05) is 0 Å². The molecule has 0 aliphatic carbocycles. The van der Waals surface area contributed by atoms with E-state index >= 15 is 0 Å². The number of rotatable bonds is 47. The molecule has 0 fully saturated rings. The topological polar surface area (TPSA) is 258 Å². The molecule has 7 N–H and O–H groups in total. The highest BCUT2D eigenvalue weighted by Crippen LogP contribution is 1.98. The molecule has 0 aliphatic rings. The number of nitrogens with one attached hydrogen (secondary N) is 2. The van der Waals surface area contributed by atoms with Gasteiger partial charge >= 0.3 is 5.97 Å². The zero-order valence-electron chi connectivity index (χ0n) is 34.4. The van der Waals surface area contributed by atoms with Crippen molar-refractivity contribution in [1.29, 1.82) is 0 Å². The molecule has 2 atom stereocenters. The van der Waals surface area contributed by atoms with Crippen molar-refractivity contribution in [3.05, 3.63) is 0 Å². The molecule has 20 nitrogen and oxygen atoms in total. The van der Waals surface area contributed by atoms with Crippen LogP contribution in [0.4, 0.5) is 0 Å². The summed E-state index contributed by atoms with van der Waals surface area (Å²) in [5, 5.41) is 14.2. The van der Waals surface area contributed by atoms with Gasteiger partial charge in [0.05, 0.1) is 165 Å². The third-order valence-electron chi connectivity index (χ3n) is 7.37. The van der Waals surface area contributed by atoms with Crippen molar-refractivity contribution in [3.63, 3.8) is 0 Å². The largest absolute Gasteiger partial charge is 0.480 e. The lowest BCUT2D eigenvalue weighted by Crippen LogP contribution is -2.41. The molecule has 2 amide bonds. The molecule has 0 unspecified atom stereocenters. The summed E-state index contributed by atoms with van der Waals surface area (Å²) in [7, 11) is 0. The first-order valence-corrected chi connectivity index (χ1v) is 20.0. The lowest BCUT2D eigenvalue weighted by Gasteiger charge is -2.10. The standard InChI is InChI=1S/C38H72N4O16/c1-2-5-34(39)37(44)42-9-11-48-13-15-50-17-19-52-21-23-54-25-27-56-29-31-58-33-32-57-30-28-55-26-24-53-22-20-51-18-16-49-14-12-47-10-7-36(43)41-8-4-3-6-35(40)38(45)46/h1,34-35H,3-33,39-40H2,(H,41,43)(H,42,44)(H,45,46)/t34-,35-/m0/s1. The molecular formula is C38H72N4O16. The van der Waals surface area contributed by atoms with Gasteiger partial charge in [0.2, 0.25) is 11.8 Å². The van der Waals surface area contributed by atoms with E-state index in [1.807, 2.05) is 0 Å². The van der Waals surface area contributed by atoms with Crippen LogP contribution in [0.2, 0.25) is 0 Å². The van der Waals surface area contributed by atoms with Crippen LogP contribution in [0, 0.1) is 12.3 Å². The molecule has 20 heteroatoms. The van der Waals surface area contributed by atoms with Crippen molar-refractivity contribution in [3.8, 4) is 12.3 Å². The molecule has 0 heterocycles. The van der Waals surface area contributed by atoms with E-state index in [4.69, 9.17) is 79.8 Å². The second-order valence-corrected chi connectivity index (χ2v) is 12.2. The van der Waals surface area contributed by atoms with Gasteiger partial charge in [0.1, 0.15) is 6.04 Å². The first kappa shape index (κ1) is 55.4. The molecule has 0 rings (SSSR count). The van der Waals surface area contributed by atoms with Crippen LogP contribution in [0.15, 0.2) is 0 Å². The normalized spacial score (nSPS) is 12.3. The first-order valence-electron chi connectivity index (χ1n) is 20.0. The molecule has 0 radical (unpaired) electrons. The molecule has 0 spiro atoms. The van der Waals surface area contributed by atoms with E-state index in [9.17, 15) is 14.4 Å². The highest BCUT2D eigenvalue weighted by atomic mass is 16.6. The Morgan fingerprint density at radius 2 is 0.793 bits per heavy atom. The molecule has 0 saturated carbocycles. The van der Waals surface area contributed by atoms with Gasteiger partial charge in [-0.05, 0) is 19.3 Å². The number of terminal acetylenes is 1. The fourth-order valence-corrected chi connectivity index (χ4v) is 4.21. The van der Waals surface area contributed by atoms with Crippen LogP contribution in [0.1, 0.15) is 32.1 Å². The van der Waals surface area contributed by atoms with E-state index in [-0.39, 0.29) is 24.7 Å². The average molecular weight is 841 g/mol. The van der Waals surface area contributed by atoms with E-state index in [0.29, 0.717) is 191 Å². The Labute approximate surface area is 344 Å². The summed E-state index contributed by atoms with van der Waals surface area (Å²) in [6.07, 6.45) is 7.28. The minimum Gasteiger partial charge on any atom is -0.480 e. The molecule has 0 saturated heterocycles. The zero-order valence-corrected chi connectivity index (χ0v) is 34.4. The Balaban J connectivity index is 3.16. The highest BCUT2D eigenvalue weighted by molar-refractivity contribution is 5.81. The number of amides is 2. The smallest absolute Gasteiger partial charge is 0.320 e. The van der Waals surface area contributed by atoms with Gasteiger partial charge in [0, 0.05) is 25.9 Å². The number of unbranched alkanes of at least 4 members (excludes halogenated alkanes) is 1. The van der Waals surface area contributed by atoms with E-state index < -0.39 is 18.1 Å². The van der Waals surface area contributed by atoms with Crippen LogP contribution >= 0.6 is 0 Å². The third-order valence-corrected chi connectivity index (χ3v) is 7.37. The molecule has 0 aliphatic heterocycles. The monoisotopic (exact) mass is 840 g/mol. The maximum absolute atomic E-state index is 11.8. The Bertz CT molecular complexity index is 981. The predicted molar refractivity (Wildman–Crippen MR) is 211 cm³/mol. The van der Waals surface area contributed by atoms with Crippen LogP contribution in [0.5, 0.6) is 0 Å². The Hall–Kier alpha value is -2.59. The Morgan fingerprint density at radius 1 is 0.466 bits per heavy atom. The molecule has 340 valence electrons. The van der Waals surface area contributed by atoms with Crippen LogP contribution in [-0.4, -0.2) is 207 Å². The van der Waals surface area contributed by atoms with E-state index in [0.717, 1.165) is 0 Å². The van der Waals surface area contributed by atoms with Gasteiger partial charge in [0.15, 0.2) is 0 Å². The Kier molecular flexibility index (Phi) is 43.5. The van der Waals surface area contributed by atoms with E-state index in [1.165, 1.54) is 0 Å². The van der Waals surface area contributed by atoms with E-state index in [2.05, 4.69) is 16.6 Å². The molecule has 0 aromatic rings. The highest BCUT2D eigenvalue weighted by Gasteiger charge is 2.11. The lowest BCUT2D eigenvalue weighted by molar-refractivity contribution is -0.138. The number of carboxylic acids is 1.